The fourth-order valence-corrected chi connectivity index (χ4v) is 9.10. The van der Waals surface area contributed by atoms with Crippen LogP contribution >= 0.6 is 11.3 Å². The Bertz CT molecular complexity index is 1440. The number of hydrogen-bond donors (Lipinski definition) is 1. The molecule has 1 amide bonds. The molecule has 4 atom stereocenters. The van der Waals surface area contributed by atoms with Crippen molar-refractivity contribution in [3.05, 3.63) is 75.2 Å². The van der Waals surface area contributed by atoms with Gasteiger partial charge in [-0.3, -0.25) is 4.79 Å². The van der Waals surface area contributed by atoms with Crippen molar-refractivity contribution in [3.63, 3.8) is 0 Å². The van der Waals surface area contributed by atoms with Crippen LogP contribution in [-0.2, 0) is 34.2 Å². The lowest BCUT2D eigenvalue weighted by molar-refractivity contribution is -0.115. The van der Waals surface area contributed by atoms with Gasteiger partial charge < -0.3 is 19.5 Å². The van der Waals surface area contributed by atoms with Gasteiger partial charge in [0.05, 0.1) is 32.8 Å². The van der Waals surface area contributed by atoms with Crippen molar-refractivity contribution in [1.82, 2.24) is 0 Å². The van der Waals surface area contributed by atoms with Crippen molar-refractivity contribution in [1.29, 1.82) is 0 Å². The number of anilines is 1. The van der Waals surface area contributed by atoms with Gasteiger partial charge >= 0.3 is 5.97 Å². The van der Waals surface area contributed by atoms with Crippen molar-refractivity contribution in [2.45, 2.75) is 63.7 Å². The Morgan fingerprint density at radius 3 is 2.52 bits per heavy atom. The highest BCUT2D eigenvalue weighted by Gasteiger charge is 2.55. The van der Waals surface area contributed by atoms with E-state index in [0.717, 1.165) is 54.7 Å². The molecule has 0 unspecified atom stereocenters. The molecule has 0 aliphatic heterocycles. The van der Waals surface area contributed by atoms with Crippen LogP contribution in [-0.4, -0.2) is 32.7 Å². The number of esters is 1. The zero-order chi connectivity index (χ0) is 28.0. The first kappa shape index (κ1) is 26.9. The second kappa shape index (κ2) is 10.6. The summed E-state index contributed by atoms with van der Waals surface area (Å²) in [5.74, 6) is 2.80. The number of carbonyl (C=O) groups excluding carboxylic acids is 2. The third-order valence-electron chi connectivity index (χ3n) is 9.54. The van der Waals surface area contributed by atoms with Crippen LogP contribution in [0.5, 0.6) is 11.5 Å². The van der Waals surface area contributed by atoms with Crippen LogP contribution in [0.3, 0.4) is 0 Å². The van der Waals surface area contributed by atoms with Gasteiger partial charge in [-0.1, -0.05) is 25.1 Å². The number of carbonyl (C=O) groups is 2. The Balaban J connectivity index is 1.29. The maximum absolute atomic E-state index is 13.4. The topological polar surface area (TPSA) is 73.9 Å². The summed E-state index contributed by atoms with van der Waals surface area (Å²) in [4.78, 5) is 27.8. The third-order valence-corrected chi connectivity index (χ3v) is 10.7. The molecule has 1 aromatic heterocycles. The maximum Gasteiger partial charge on any atom is 0.341 e. The van der Waals surface area contributed by atoms with Gasteiger partial charge in [0, 0.05) is 4.88 Å². The molecule has 210 valence electrons. The lowest BCUT2D eigenvalue weighted by Crippen LogP contribution is -2.43. The van der Waals surface area contributed by atoms with Crippen molar-refractivity contribution in [2.24, 2.45) is 11.8 Å². The molecule has 40 heavy (non-hydrogen) atoms. The Hall–Kier alpha value is -3.32. The summed E-state index contributed by atoms with van der Waals surface area (Å²) in [5.41, 5.74) is 5.38. The largest absolute Gasteiger partial charge is 0.497 e. The van der Waals surface area contributed by atoms with Crippen molar-refractivity contribution in [2.75, 3.05) is 26.1 Å². The van der Waals surface area contributed by atoms with E-state index in [1.165, 1.54) is 16.0 Å². The molecule has 0 spiro atoms. The lowest BCUT2D eigenvalue weighted by atomic mass is 9.54. The number of methoxy groups -OCH3 is 2. The number of fused-ring (bicyclic) bond motifs is 7. The number of rotatable bonds is 7. The summed E-state index contributed by atoms with van der Waals surface area (Å²) >= 11 is 1.57. The van der Waals surface area contributed by atoms with E-state index in [-0.39, 0.29) is 23.7 Å². The van der Waals surface area contributed by atoms with Crippen LogP contribution in [0.1, 0.15) is 76.5 Å². The maximum atomic E-state index is 13.4. The van der Waals surface area contributed by atoms with E-state index in [0.29, 0.717) is 34.9 Å². The summed E-state index contributed by atoms with van der Waals surface area (Å²) in [6.07, 6.45) is 5.49. The summed E-state index contributed by atoms with van der Waals surface area (Å²) in [5, 5.41) is 3.71. The minimum absolute atomic E-state index is 0.113. The van der Waals surface area contributed by atoms with E-state index < -0.39 is 0 Å². The first-order valence-corrected chi connectivity index (χ1v) is 15.1. The van der Waals surface area contributed by atoms with E-state index in [9.17, 15) is 9.59 Å². The number of amides is 1. The zero-order valence-corrected chi connectivity index (χ0v) is 24.5. The van der Waals surface area contributed by atoms with Crippen LogP contribution in [0.4, 0.5) is 5.00 Å². The van der Waals surface area contributed by atoms with Gasteiger partial charge in [-0.15, -0.1) is 11.3 Å². The number of aryl methyl sites for hydroxylation is 1. The summed E-state index contributed by atoms with van der Waals surface area (Å²) in [6.45, 7) is 4.48. The van der Waals surface area contributed by atoms with Gasteiger partial charge in [-0.05, 0) is 109 Å². The van der Waals surface area contributed by atoms with Crippen molar-refractivity contribution >= 4 is 28.2 Å². The zero-order valence-electron chi connectivity index (χ0n) is 23.7. The fourth-order valence-electron chi connectivity index (χ4n) is 7.70. The van der Waals surface area contributed by atoms with Gasteiger partial charge in [0.25, 0.3) is 0 Å². The molecule has 6 nitrogen and oxygen atoms in total. The van der Waals surface area contributed by atoms with E-state index in [2.05, 4.69) is 30.4 Å². The summed E-state index contributed by atoms with van der Waals surface area (Å²) < 4.78 is 16.3. The highest BCUT2D eigenvalue weighted by Crippen LogP contribution is 2.63. The molecule has 0 bridgehead atoms. The highest BCUT2D eigenvalue weighted by molar-refractivity contribution is 7.17. The van der Waals surface area contributed by atoms with Crippen LogP contribution in [0.2, 0.25) is 0 Å². The van der Waals surface area contributed by atoms with E-state index in [4.69, 9.17) is 14.2 Å². The van der Waals surface area contributed by atoms with Crippen LogP contribution in [0.25, 0.3) is 0 Å². The molecule has 1 saturated carbocycles. The van der Waals surface area contributed by atoms with Crippen LogP contribution < -0.4 is 14.8 Å². The average Bonchev–Trinajstić information content (AvgIpc) is 3.46. The minimum atomic E-state index is -0.329. The van der Waals surface area contributed by atoms with Gasteiger partial charge in [0.15, 0.2) is 0 Å². The first-order chi connectivity index (χ1) is 19.4. The number of hydrogen-bond acceptors (Lipinski definition) is 6. The molecule has 0 radical (unpaired) electrons. The molecule has 3 aromatic rings. The summed E-state index contributed by atoms with van der Waals surface area (Å²) in [7, 11) is 3.35. The van der Waals surface area contributed by atoms with Crippen LogP contribution in [0, 0.1) is 11.8 Å². The molecular weight excluding hydrogens is 522 g/mol. The molecule has 0 saturated heterocycles. The molecule has 1 heterocycles. The Kier molecular flexibility index (Phi) is 7.11. The molecular formula is C33H37NO5S. The molecule has 3 aliphatic rings. The van der Waals surface area contributed by atoms with Gasteiger partial charge in [0.2, 0.25) is 5.91 Å². The smallest absolute Gasteiger partial charge is 0.341 e. The SMILES string of the molecule is CCOC(=O)c1c(NC(=O)Cc2ccc(OC)cc2)sc2c1[C@@]1(C)CC[C@H]3c4ccc(OC)cc4CC[C@@H]3[C@@H]1C2. The Morgan fingerprint density at radius 1 is 1.05 bits per heavy atom. The number of benzene rings is 2. The normalized spacial score (nSPS) is 24.2. The van der Waals surface area contributed by atoms with Gasteiger partial charge in [-0.2, -0.15) is 0 Å². The molecule has 2 aromatic carbocycles. The predicted molar refractivity (Wildman–Crippen MR) is 157 cm³/mol. The van der Waals surface area contributed by atoms with E-state index in [1.54, 1.807) is 25.6 Å². The third kappa shape index (κ3) is 4.48. The quantitative estimate of drug-likeness (QED) is 0.327. The number of ether oxygens (including phenoxy) is 3. The monoisotopic (exact) mass is 559 g/mol. The molecule has 1 N–H and O–H groups in total. The Labute approximate surface area is 240 Å². The molecule has 3 aliphatic carbocycles. The highest BCUT2D eigenvalue weighted by atomic mass is 32.1. The molecule has 7 heteroatoms. The number of nitrogens with one attached hydrogen (secondary N) is 1. The minimum Gasteiger partial charge on any atom is -0.497 e. The van der Waals surface area contributed by atoms with E-state index >= 15 is 0 Å². The van der Waals surface area contributed by atoms with Crippen LogP contribution in [0.15, 0.2) is 42.5 Å². The first-order valence-electron chi connectivity index (χ1n) is 14.3. The van der Waals surface area contributed by atoms with Crippen molar-refractivity contribution < 1.29 is 23.8 Å². The molecule has 1 fully saturated rings. The summed E-state index contributed by atoms with van der Waals surface area (Å²) in [6, 6.07) is 14.1. The second-order valence-electron chi connectivity index (χ2n) is 11.5. The fraction of sp³-hybridized carbons (Fsp3) is 0.455. The molecule has 6 rings (SSSR count). The average molecular weight is 560 g/mol. The van der Waals surface area contributed by atoms with E-state index in [1.807, 2.05) is 31.2 Å². The standard InChI is InChI=1S/C33H37NO5S/c1-5-39-32(36)29-30-27(40-31(29)34-28(35)16-19-6-9-21(37-3)10-7-19)18-26-25-12-8-20-17-22(38-4)11-13-23(20)24(25)14-15-33(26,30)2/h6-7,9-11,13,17,24-26H,5,8,12,14-16,18H2,1-4H3,(H,34,35)/t24-,25-,26-,33-/m0/s1. The Morgan fingerprint density at radius 2 is 1.80 bits per heavy atom. The van der Waals surface area contributed by atoms with Gasteiger partial charge in [-0.25, -0.2) is 4.79 Å². The number of thiophene rings is 1. The predicted octanol–water partition coefficient (Wildman–Crippen LogP) is 6.69. The van der Waals surface area contributed by atoms with Crippen molar-refractivity contribution in [3.8, 4) is 11.5 Å². The van der Waals surface area contributed by atoms with Gasteiger partial charge in [0.1, 0.15) is 16.5 Å². The lowest BCUT2D eigenvalue weighted by Gasteiger charge is -2.49. The second-order valence-corrected chi connectivity index (χ2v) is 12.6.